The molecule has 5 heteroatoms. The van der Waals surface area contributed by atoms with Crippen LogP contribution in [-0.4, -0.2) is 67.8 Å². The zero-order chi connectivity index (χ0) is 16.6. The smallest absolute Gasteiger partial charge is 0.410 e. The molecule has 0 bridgehead atoms. The average Bonchev–Trinajstić information content (AvgIpc) is 2.87. The zero-order valence-corrected chi connectivity index (χ0v) is 15.2. The summed E-state index contributed by atoms with van der Waals surface area (Å²) in [5.41, 5.74) is -0.422. The van der Waals surface area contributed by atoms with Crippen LogP contribution in [0.5, 0.6) is 0 Å². The Morgan fingerprint density at radius 2 is 2.14 bits per heavy atom. The number of nitrogens with zero attached hydrogens (tertiary/aromatic N) is 2. The molecule has 1 rings (SSSR count). The monoisotopic (exact) mass is 313 g/mol. The standard InChI is InChI=1S/C17H35N3O2/c1-6-7-9-18-13-15-8-10-20(14-15)12-11-19(5)16(21)22-17(2,3)4/h15,18H,6-14H2,1-5H3. The van der Waals surface area contributed by atoms with Crippen LogP contribution >= 0.6 is 0 Å². The Morgan fingerprint density at radius 1 is 1.41 bits per heavy atom. The van der Waals surface area contributed by atoms with Crippen LogP contribution in [-0.2, 0) is 4.74 Å². The first kappa shape index (κ1) is 19.2. The van der Waals surface area contributed by atoms with Crippen molar-refractivity contribution in [3.63, 3.8) is 0 Å². The third kappa shape index (κ3) is 7.99. The van der Waals surface area contributed by atoms with Gasteiger partial charge in [-0.2, -0.15) is 0 Å². The van der Waals surface area contributed by atoms with Crippen molar-refractivity contribution in [2.45, 2.75) is 52.6 Å². The molecule has 22 heavy (non-hydrogen) atoms. The third-order valence-electron chi connectivity index (χ3n) is 3.97. The SMILES string of the molecule is CCCCNCC1CCN(CCN(C)C(=O)OC(C)(C)C)C1. The minimum absolute atomic E-state index is 0.232. The highest BCUT2D eigenvalue weighted by Crippen LogP contribution is 2.15. The number of nitrogens with one attached hydrogen (secondary N) is 1. The second-order valence-electron chi connectivity index (χ2n) is 7.41. The Kier molecular flexibility index (Phi) is 8.18. The van der Waals surface area contributed by atoms with Gasteiger partial charge < -0.3 is 19.9 Å². The normalized spacial score (nSPS) is 19.4. The molecular formula is C17H35N3O2. The van der Waals surface area contributed by atoms with Crippen molar-refractivity contribution in [2.24, 2.45) is 5.92 Å². The molecule has 1 aliphatic rings. The lowest BCUT2D eigenvalue weighted by Gasteiger charge is -2.26. The van der Waals surface area contributed by atoms with Crippen LogP contribution in [0.2, 0.25) is 0 Å². The number of rotatable bonds is 8. The average molecular weight is 313 g/mol. The first-order valence-corrected chi connectivity index (χ1v) is 8.69. The lowest BCUT2D eigenvalue weighted by molar-refractivity contribution is 0.0286. The van der Waals surface area contributed by atoms with Gasteiger partial charge in [0.25, 0.3) is 0 Å². The molecule has 5 nitrogen and oxygen atoms in total. The van der Waals surface area contributed by atoms with Gasteiger partial charge in [-0.05, 0) is 59.2 Å². The molecule has 1 fully saturated rings. The lowest BCUT2D eigenvalue weighted by atomic mass is 10.1. The van der Waals surface area contributed by atoms with E-state index in [1.165, 1.54) is 19.3 Å². The molecule has 1 saturated heterocycles. The maximum absolute atomic E-state index is 11.9. The second kappa shape index (κ2) is 9.36. The molecule has 130 valence electrons. The van der Waals surface area contributed by atoms with Crippen LogP contribution in [0.15, 0.2) is 0 Å². The van der Waals surface area contributed by atoms with Crippen LogP contribution in [0.4, 0.5) is 4.79 Å². The highest BCUT2D eigenvalue weighted by atomic mass is 16.6. The van der Waals surface area contributed by atoms with Gasteiger partial charge in [-0.1, -0.05) is 13.3 Å². The molecule has 1 unspecified atom stereocenters. The largest absolute Gasteiger partial charge is 0.444 e. The number of unbranched alkanes of at least 4 members (excludes halogenated alkanes) is 1. The molecule has 0 aromatic heterocycles. The number of hydrogen-bond acceptors (Lipinski definition) is 4. The van der Waals surface area contributed by atoms with Gasteiger partial charge >= 0.3 is 6.09 Å². The van der Waals surface area contributed by atoms with E-state index >= 15 is 0 Å². The Morgan fingerprint density at radius 3 is 2.77 bits per heavy atom. The quantitative estimate of drug-likeness (QED) is 0.700. The highest BCUT2D eigenvalue weighted by molar-refractivity contribution is 5.67. The molecule has 1 amide bonds. The molecule has 0 aromatic rings. The third-order valence-corrected chi connectivity index (χ3v) is 3.97. The van der Waals surface area contributed by atoms with Crippen molar-refractivity contribution >= 4 is 6.09 Å². The molecule has 0 saturated carbocycles. The topological polar surface area (TPSA) is 44.8 Å². The summed E-state index contributed by atoms with van der Waals surface area (Å²) in [6.45, 7) is 14.1. The van der Waals surface area contributed by atoms with E-state index in [2.05, 4.69) is 17.1 Å². The Labute approximate surface area is 136 Å². The van der Waals surface area contributed by atoms with Crippen LogP contribution in [0.3, 0.4) is 0 Å². The number of ether oxygens (including phenoxy) is 1. The molecule has 0 aliphatic carbocycles. The molecule has 1 atom stereocenters. The number of likely N-dealkylation sites (N-methyl/N-ethyl adjacent to an activating group) is 1. The van der Waals surface area contributed by atoms with E-state index in [0.29, 0.717) is 0 Å². The second-order valence-corrected chi connectivity index (χ2v) is 7.41. The fraction of sp³-hybridized carbons (Fsp3) is 0.941. The summed E-state index contributed by atoms with van der Waals surface area (Å²) < 4.78 is 5.37. The van der Waals surface area contributed by atoms with Crippen molar-refractivity contribution in [3.05, 3.63) is 0 Å². The van der Waals surface area contributed by atoms with Crippen LogP contribution in [0.25, 0.3) is 0 Å². The van der Waals surface area contributed by atoms with E-state index in [0.717, 1.165) is 45.2 Å². The Bertz CT molecular complexity index is 328. The van der Waals surface area contributed by atoms with Crippen LogP contribution in [0.1, 0.15) is 47.0 Å². The zero-order valence-electron chi connectivity index (χ0n) is 15.2. The van der Waals surface area contributed by atoms with Crippen LogP contribution in [0, 0.1) is 5.92 Å². The summed E-state index contributed by atoms with van der Waals surface area (Å²) in [7, 11) is 1.81. The lowest BCUT2D eigenvalue weighted by Crippen LogP contribution is -2.39. The van der Waals surface area contributed by atoms with Gasteiger partial charge in [0.05, 0.1) is 0 Å². The minimum atomic E-state index is -0.422. The van der Waals surface area contributed by atoms with E-state index in [4.69, 9.17) is 4.74 Å². The molecule has 0 radical (unpaired) electrons. The molecule has 0 spiro atoms. The summed E-state index contributed by atoms with van der Waals surface area (Å²) in [6, 6.07) is 0. The summed E-state index contributed by atoms with van der Waals surface area (Å²) in [6.07, 6.45) is 3.54. The number of likely N-dealkylation sites (tertiary alicyclic amines) is 1. The van der Waals surface area contributed by atoms with Crippen molar-refractivity contribution in [2.75, 3.05) is 46.3 Å². The first-order chi connectivity index (χ1) is 10.3. The van der Waals surface area contributed by atoms with E-state index in [-0.39, 0.29) is 6.09 Å². The fourth-order valence-corrected chi connectivity index (χ4v) is 2.61. The predicted molar refractivity (Wildman–Crippen MR) is 91.2 cm³/mol. The van der Waals surface area contributed by atoms with E-state index in [9.17, 15) is 4.79 Å². The van der Waals surface area contributed by atoms with Crippen molar-refractivity contribution in [3.8, 4) is 0 Å². The van der Waals surface area contributed by atoms with E-state index in [1.807, 2.05) is 27.8 Å². The van der Waals surface area contributed by atoms with Gasteiger partial charge in [0, 0.05) is 26.7 Å². The molecule has 0 aromatic carbocycles. The van der Waals surface area contributed by atoms with Gasteiger partial charge in [0.15, 0.2) is 0 Å². The summed E-state index contributed by atoms with van der Waals surface area (Å²) in [5, 5.41) is 3.55. The van der Waals surface area contributed by atoms with Gasteiger partial charge in [-0.3, -0.25) is 0 Å². The van der Waals surface area contributed by atoms with Gasteiger partial charge in [-0.15, -0.1) is 0 Å². The van der Waals surface area contributed by atoms with E-state index < -0.39 is 5.60 Å². The molecule has 1 heterocycles. The number of hydrogen-bond donors (Lipinski definition) is 1. The Hall–Kier alpha value is -0.810. The molecule has 1 N–H and O–H groups in total. The maximum Gasteiger partial charge on any atom is 0.410 e. The maximum atomic E-state index is 11.9. The van der Waals surface area contributed by atoms with Crippen LogP contribution < -0.4 is 5.32 Å². The predicted octanol–water partition coefficient (Wildman–Crippen LogP) is 2.56. The number of amides is 1. The van der Waals surface area contributed by atoms with Crippen molar-refractivity contribution < 1.29 is 9.53 Å². The number of carbonyl (C=O) groups is 1. The van der Waals surface area contributed by atoms with Crippen molar-refractivity contribution in [1.29, 1.82) is 0 Å². The fourth-order valence-electron chi connectivity index (χ4n) is 2.61. The number of carbonyl (C=O) groups excluding carboxylic acids is 1. The summed E-state index contributed by atoms with van der Waals surface area (Å²) >= 11 is 0. The van der Waals surface area contributed by atoms with Gasteiger partial charge in [0.1, 0.15) is 5.60 Å². The molecular weight excluding hydrogens is 278 g/mol. The van der Waals surface area contributed by atoms with Gasteiger partial charge in [-0.25, -0.2) is 4.79 Å². The highest BCUT2D eigenvalue weighted by Gasteiger charge is 2.24. The summed E-state index contributed by atoms with van der Waals surface area (Å²) in [5.74, 6) is 0.753. The molecule has 1 aliphatic heterocycles. The van der Waals surface area contributed by atoms with Crippen molar-refractivity contribution in [1.82, 2.24) is 15.1 Å². The van der Waals surface area contributed by atoms with E-state index in [1.54, 1.807) is 4.90 Å². The minimum Gasteiger partial charge on any atom is -0.444 e. The Balaban J connectivity index is 2.16. The first-order valence-electron chi connectivity index (χ1n) is 8.69. The summed E-state index contributed by atoms with van der Waals surface area (Å²) in [4.78, 5) is 16.0. The van der Waals surface area contributed by atoms with Gasteiger partial charge in [0.2, 0.25) is 0 Å².